The molecular formula is C24H23N6O7S3+. The van der Waals surface area contributed by atoms with Gasteiger partial charge in [-0.1, -0.05) is 5.16 Å². The molecule has 40 heavy (non-hydrogen) atoms. The number of thiazole rings is 1. The number of carbonyl (C=O) groups excluding carboxylic acids is 2. The number of rotatable bonds is 9. The lowest BCUT2D eigenvalue weighted by Crippen LogP contribution is -2.71. The Balaban J connectivity index is 1.36. The summed E-state index contributed by atoms with van der Waals surface area (Å²) in [5.74, 6) is -3.66. The molecule has 1 unspecified atom stereocenters. The van der Waals surface area contributed by atoms with E-state index in [-0.39, 0.29) is 28.8 Å². The van der Waals surface area contributed by atoms with Gasteiger partial charge in [0.25, 0.3) is 11.8 Å². The number of carboxylic acids is 2. The number of amides is 2. The van der Waals surface area contributed by atoms with Crippen LogP contribution in [-0.4, -0.2) is 72.3 Å². The maximum Gasteiger partial charge on any atom is 0.352 e. The average Bonchev–Trinajstić information content (AvgIpc) is 3.55. The fourth-order valence-corrected chi connectivity index (χ4v) is 6.73. The number of oxime groups is 1. The zero-order valence-corrected chi connectivity index (χ0v) is 23.5. The molecule has 0 aromatic carbocycles. The predicted molar refractivity (Wildman–Crippen MR) is 148 cm³/mol. The second-order valence-corrected chi connectivity index (χ2v) is 12.3. The van der Waals surface area contributed by atoms with Gasteiger partial charge < -0.3 is 26.1 Å². The molecule has 5 heterocycles. The van der Waals surface area contributed by atoms with E-state index in [0.29, 0.717) is 11.3 Å². The highest BCUT2D eigenvalue weighted by molar-refractivity contribution is 8.00. The van der Waals surface area contributed by atoms with Crippen LogP contribution in [0, 0.1) is 0 Å². The lowest BCUT2D eigenvalue weighted by molar-refractivity contribution is -0.687. The van der Waals surface area contributed by atoms with Crippen LogP contribution in [0.15, 0.2) is 51.7 Å². The zero-order chi connectivity index (χ0) is 28.8. The van der Waals surface area contributed by atoms with Crippen molar-refractivity contribution in [1.29, 1.82) is 0 Å². The number of carbonyl (C=O) groups is 4. The Morgan fingerprint density at radius 1 is 1.30 bits per heavy atom. The van der Waals surface area contributed by atoms with Gasteiger partial charge in [0.05, 0.1) is 5.39 Å². The summed E-state index contributed by atoms with van der Waals surface area (Å²) in [5.41, 5.74) is 4.06. The molecule has 5 N–H and O–H groups in total. The first-order valence-corrected chi connectivity index (χ1v) is 14.5. The van der Waals surface area contributed by atoms with Crippen LogP contribution < -0.4 is 15.6 Å². The number of aliphatic carboxylic acids is 2. The van der Waals surface area contributed by atoms with E-state index in [9.17, 15) is 29.4 Å². The number of nitrogens with two attached hydrogens (primary N) is 1. The lowest BCUT2D eigenvalue weighted by Gasteiger charge is -2.49. The number of hydrogen-bond acceptors (Lipinski definition) is 11. The van der Waals surface area contributed by atoms with Crippen molar-refractivity contribution in [2.24, 2.45) is 5.16 Å². The molecule has 0 spiro atoms. The third-order valence-corrected chi connectivity index (χ3v) is 9.13. The number of pyridine rings is 1. The zero-order valence-electron chi connectivity index (χ0n) is 21.1. The van der Waals surface area contributed by atoms with Gasteiger partial charge in [-0.25, -0.2) is 19.1 Å². The number of β-lactam (4-membered cyclic amide) rings is 1. The highest BCUT2D eigenvalue weighted by Gasteiger charge is 2.55. The number of thiophene rings is 1. The molecule has 0 saturated carbocycles. The van der Waals surface area contributed by atoms with E-state index in [2.05, 4.69) is 15.5 Å². The minimum atomic E-state index is -1.75. The molecule has 3 aromatic rings. The number of fused-ring (bicyclic) bond motifs is 2. The van der Waals surface area contributed by atoms with E-state index < -0.39 is 40.8 Å². The van der Waals surface area contributed by atoms with Crippen molar-refractivity contribution in [3.05, 3.63) is 52.3 Å². The fourth-order valence-electron chi connectivity index (χ4n) is 4.09. The van der Waals surface area contributed by atoms with Crippen LogP contribution in [-0.2, 0) is 30.6 Å². The molecule has 5 rings (SSSR count). The molecule has 3 aromatic heterocycles. The topological polar surface area (TPSA) is 188 Å². The van der Waals surface area contributed by atoms with Crippen LogP contribution in [0.1, 0.15) is 19.5 Å². The van der Waals surface area contributed by atoms with E-state index in [4.69, 9.17) is 10.6 Å². The Morgan fingerprint density at radius 3 is 2.75 bits per heavy atom. The summed E-state index contributed by atoms with van der Waals surface area (Å²) in [4.78, 5) is 60.4. The second kappa shape index (κ2) is 10.5. The van der Waals surface area contributed by atoms with Crippen LogP contribution >= 0.6 is 34.4 Å². The molecule has 2 atom stereocenters. The molecule has 2 amide bonds. The normalized spacial score (nSPS) is 19.3. The first-order chi connectivity index (χ1) is 19.0. The van der Waals surface area contributed by atoms with Crippen LogP contribution in [0.3, 0.4) is 0 Å². The van der Waals surface area contributed by atoms with Crippen LogP contribution in [0.2, 0.25) is 0 Å². The van der Waals surface area contributed by atoms with E-state index in [1.807, 2.05) is 34.5 Å². The molecule has 2 aliphatic rings. The highest BCUT2D eigenvalue weighted by atomic mass is 32.2. The van der Waals surface area contributed by atoms with Gasteiger partial charge in [0.15, 0.2) is 29.8 Å². The molecule has 0 radical (unpaired) electrons. The summed E-state index contributed by atoms with van der Waals surface area (Å²) in [6.07, 6.45) is 3.79. The summed E-state index contributed by atoms with van der Waals surface area (Å²) in [7, 11) is 0. The molecule has 0 bridgehead atoms. The third kappa shape index (κ3) is 5.12. The van der Waals surface area contributed by atoms with Crippen LogP contribution in [0.25, 0.3) is 10.1 Å². The molecule has 208 valence electrons. The maximum atomic E-state index is 13.2. The van der Waals surface area contributed by atoms with E-state index >= 15 is 0 Å². The lowest BCUT2D eigenvalue weighted by atomic mass is 10.0. The Morgan fingerprint density at radius 2 is 2.08 bits per heavy atom. The Labute approximate surface area is 238 Å². The van der Waals surface area contributed by atoms with Gasteiger partial charge in [-0.15, -0.1) is 34.4 Å². The first kappa shape index (κ1) is 27.5. The third-order valence-electron chi connectivity index (χ3n) is 6.22. The quantitative estimate of drug-likeness (QED) is 0.120. The van der Waals surface area contributed by atoms with E-state index in [1.54, 1.807) is 11.3 Å². The van der Waals surface area contributed by atoms with E-state index in [1.165, 1.54) is 35.9 Å². The largest absolute Gasteiger partial charge is 0.478 e. The van der Waals surface area contributed by atoms with E-state index in [0.717, 1.165) is 21.4 Å². The maximum absolute atomic E-state index is 13.2. The highest BCUT2D eigenvalue weighted by Crippen LogP contribution is 2.40. The first-order valence-electron chi connectivity index (χ1n) is 11.7. The predicted octanol–water partition coefficient (Wildman–Crippen LogP) is 1.25. The number of nitrogens with zero attached hydrogens (tertiary/aromatic N) is 4. The van der Waals surface area contributed by atoms with Gasteiger partial charge in [0, 0.05) is 27.5 Å². The number of nitrogens with one attached hydrogen (secondary N) is 1. The van der Waals surface area contributed by atoms with Crippen molar-refractivity contribution in [3.8, 4) is 0 Å². The fraction of sp³-hybridized carbons (Fsp3) is 0.292. The summed E-state index contributed by atoms with van der Waals surface area (Å²) < 4.78 is 2.98. The van der Waals surface area contributed by atoms with Crippen molar-refractivity contribution in [2.75, 3.05) is 11.5 Å². The smallest absolute Gasteiger partial charge is 0.352 e. The van der Waals surface area contributed by atoms with Crippen molar-refractivity contribution < 1.29 is 38.8 Å². The SMILES string of the molecule is CC(C)(O/N=C(\C(=O)NC1C(=O)N2C(C(=O)O)=C(C[n+]3ccc4sccc4c3)CS[C@H]12)c1csc(N)n1)C(=O)O. The van der Waals surface area contributed by atoms with Gasteiger partial charge in [-0.3, -0.25) is 14.5 Å². The molecule has 0 aliphatic carbocycles. The van der Waals surface area contributed by atoms with Gasteiger partial charge in [0.2, 0.25) is 5.60 Å². The Kier molecular flexibility index (Phi) is 7.24. The number of carboxylic acid groups (broad SMARTS) is 2. The Hall–Kier alpha value is -4.02. The van der Waals surface area contributed by atoms with Gasteiger partial charge in [-0.2, -0.15) is 0 Å². The van der Waals surface area contributed by atoms with Crippen molar-refractivity contribution in [2.45, 2.75) is 37.4 Å². The number of anilines is 1. The summed E-state index contributed by atoms with van der Waals surface area (Å²) in [6.45, 7) is 2.79. The minimum Gasteiger partial charge on any atom is -0.478 e. The summed E-state index contributed by atoms with van der Waals surface area (Å²) >= 11 is 3.97. The van der Waals surface area contributed by atoms with Crippen molar-refractivity contribution in [1.82, 2.24) is 15.2 Å². The van der Waals surface area contributed by atoms with Gasteiger partial charge in [0.1, 0.15) is 22.8 Å². The summed E-state index contributed by atoms with van der Waals surface area (Å²) in [6, 6.07) is 2.89. The van der Waals surface area contributed by atoms with Crippen molar-refractivity contribution in [3.63, 3.8) is 0 Å². The van der Waals surface area contributed by atoms with Crippen LogP contribution in [0.4, 0.5) is 5.13 Å². The number of aromatic nitrogens is 2. The number of nitrogen functional groups attached to an aromatic ring is 1. The number of thioether (sulfide) groups is 1. The van der Waals surface area contributed by atoms with Gasteiger partial charge >= 0.3 is 11.9 Å². The molecule has 1 saturated heterocycles. The minimum absolute atomic E-state index is 0.0362. The Bertz CT molecular complexity index is 1610. The standard InChI is InChI=1S/C24H22N6O7S3/c1-24(2,22(35)36)37-28-15(13-10-40-23(25)26-13)18(31)27-16-19(32)30-17(21(33)34)12(9-39-20(16)30)8-29-5-3-14-11(7-29)4-6-38-14/h3-7,10,16,20H,8-9H2,1-2H3,(H4-,25,26,27,31,33,34,35,36)/p+1/b28-15-/t16?,20-/m1/s1. The molecule has 2 aliphatic heterocycles. The molecule has 1 fully saturated rings. The molecular weight excluding hydrogens is 581 g/mol. The van der Waals surface area contributed by atoms with Gasteiger partial charge in [-0.05, 0) is 25.3 Å². The second-order valence-electron chi connectivity index (χ2n) is 9.39. The molecule has 16 heteroatoms. The van der Waals surface area contributed by atoms with Crippen LogP contribution in [0.5, 0.6) is 0 Å². The molecule has 13 nitrogen and oxygen atoms in total. The average molecular weight is 604 g/mol. The number of hydrogen-bond donors (Lipinski definition) is 4. The summed E-state index contributed by atoms with van der Waals surface area (Å²) in [5, 5.41) is 29.6. The van der Waals surface area contributed by atoms with Crippen molar-refractivity contribution >= 4 is 79.1 Å². The monoisotopic (exact) mass is 603 g/mol.